The first-order chi connectivity index (χ1) is 11.5. The van der Waals surface area contributed by atoms with Crippen molar-refractivity contribution in [2.75, 3.05) is 0 Å². The lowest BCUT2D eigenvalue weighted by Gasteiger charge is -2.16. The van der Waals surface area contributed by atoms with Crippen LogP contribution in [0.15, 0.2) is 54.9 Å². The molecular weight excluding hydrogens is 317 g/mol. The lowest BCUT2D eigenvalue weighted by atomic mass is 9.89. The van der Waals surface area contributed by atoms with Crippen molar-refractivity contribution in [3.05, 3.63) is 82.9 Å². The quantitative estimate of drug-likeness (QED) is 0.793. The van der Waals surface area contributed by atoms with E-state index in [1.165, 1.54) is 18.5 Å². The fraction of sp³-hybridized carbons (Fsp3) is 0.118. The molecule has 1 aromatic heterocycles. The van der Waals surface area contributed by atoms with Crippen molar-refractivity contribution in [3.8, 4) is 6.07 Å². The molecule has 0 aliphatic rings. The number of alkyl halides is 3. The van der Waals surface area contributed by atoms with Gasteiger partial charge in [-0.05, 0) is 35.4 Å². The van der Waals surface area contributed by atoms with Crippen LogP contribution >= 0.6 is 0 Å². The van der Waals surface area contributed by atoms with Crippen LogP contribution < -0.4 is 0 Å². The van der Waals surface area contributed by atoms with Gasteiger partial charge in [0.2, 0.25) is 0 Å². The number of rotatable bonds is 3. The number of hydrogen-bond donors (Lipinski definition) is 1. The van der Waals surface area contributed by atoms with E-state index < -0.39 is 17.7 Å². The van der Waals surface area contributed by atoms with Crippen molar-refractivity contribution >= 4 is 0 Å². The van der Waals surface area contributed by atoms with Crippen LogP contribution in [0.4, 0.5) is 13.2 Å². The predicted molar refractivity (Wildman–Crippen MR) is 79.9 cm³/mol. The van der Waals surface area contributed by atoms with Crippen molar-refractivity contribution in [2.45, 2.75) is 12.1 Å². The van der Waals surface area contributed by atoms with Gasteiger partial charge in [0.05, 0.1) is 23.1 Å². The normalized spacial score (nSPS) is 12.6. The van der Waals surface area contributed by atoms with E-state index in [4.69, 9.17) is 5.26 Å². The highest BCUT2D eigenvalue weighted by Gasteiger charge is 2.30. The molecule has 3 rings (SSSR count). The molecule has 120 valence electrons. The molecule has 4 nitrogen and oxygen atoms in total. The molecule has 0 bridgehead atoms. The van der Waals surface area contributed by atoms with E-state index in [0.29, 0.717) is 17.0 Å². The largest absolute Gasteiger partial charge is 0.416 e. The van der Waals surface area contributed by atoms with Crippen LogP contribution in [0.5, 0.6) is 0 Å². The number of halogens is 3. The first-order valence-corrected chi connectivity index (χ1v) is 7.02. The Balaban J connectivity index is 2.04. The molecule has 3 aromatic rings. The maximum absolute atomic E-state index is 12.7. The average Bonchev–Trinajstić information content (AvgIpc) is 3.09. The summed E-state index contributed by atoms with van der Waals surface area (Å²) in [7, 11) is 0. The van der Waals surface area contributed by atoms with Crippen LogP contribution in [-0.4, -0.2) is 15.2 Å². The summed E-state index contributed by atoms with van der Waals surface area (Å²) in [6.07, 6.45) is -2.97. The number of nitrogens with one attached hydrogen (secondary N) is 1. The molecule has 0 saturated carbocycles. The molecule has 2 aromatic carbocycles. The number of nitrogens with zero attached hydrogens (tertiary/aromatic N) is 3. The van der Waals surface area contributed by atoms with Gasteiger partial charge in [-0.15, -0.1) is 0 Å². The third-order valence-electron chi connectivity index (χ3n) is 3.64. The van der Waals surface area contributed by atoms with Gasteiger partial charge < -0.3 is 0 Å². The number of nitriles is 1. The number of aromatic nitrogens is 3. The molecule has 0 aliphatic heterocycles. The third kappa shape index (κ3) is 3.13. The minimum Gasteiger partial charge on any atom is -0.266 e. The van der Waals surface area contributed by atoms with Gasteiger partial charge in [0.25, 0.3) is 0 Å². The highest BCUT2D eigenvalue weighted by atomic mass is 19.4. The molecule has 1 unspecified atom stereocenters. The summed E-state index contributed by atoms with van der Waals surface area (Å²) in [5, 5.41) is 15.6. The van der Waals surface area contributed by atoms with Gasteiger partial charge in [-0.3, -0.25) is 5.10 Å². The maximum atomic E-state index is 12.7. The van der Waals surface area contributed by atoms with Crippen molar-refractivity contribution in [1.29, 1.82) is 5.26 Å². The zero-order valence-electron chi connectivity index (χ0n) is 12.2. The summed E-state index contributed by atoms with van der Waals surface area (Å²) in [5.41, 5.74) is 1.21. The van der Waals surface area contributed by atoms with Crippen molar-refractivity contribution in [2.24, 2.45) is 0 Å². The van der Waals surface area contributed by atoms with E-state index >= 15 is 0 Å². The van der Waals surface area contributed by atoms with Gasteiger partial charge >= 0.3 is 6.18 Å². The SMILES string of the molecule is N#Cc1ccc(C(c2ccc(C(F)(F)F)cc2)c2nc[nH]n2)cc1. The summed E-state index contributed by atoms with van der Waals surface area (Å²) in [5.74, 6) is 0.0192. The predicted octanol–water partition coefficient (Wildman–Crippen LogP) is 3.88. The first kappa shape index (κ1) is 15.7. The highest BCUT2D eigenvalue weighted by Crippen LogP contribution is 2.33. The summed E-state index contributed by atoms with van der Waals surface area (Å²) < 4.78 is 38.2. The molecule has 0 spiro atoms. The standard InChI is InChI=1S/C17H11F3N4/c18-17(19,20)14-7-5-13(6-8-14)15(16-22-10-23-24-16)12-3-1-11(9-21)2-4-12/h1-8,10,15H,(H,22,23,24). The number of H-pyrrole nitrogens is 1. The Kier molecular flexibility index (Phi) is 4.04. The van der Waals surface area contributed by atoms with Crippen molar-refractivity contribution in [1.82, 2.24) is 15.2 Å². The maximum Gasteiger partial charge on any atom is 0.416 e. The summed E-state index contributed by atoms with van der Waals surface area (Å²) in [4.78, 5) is 4.13. The molecule has 0 radical (unpaired) electrons. The van der Waals surface area contributed by atoms with E-state index in [1.807, 2.05) is 6.07 Å². The molecule has 24 heavy (non-hydrogen) atoms. The van der Waals surface area contributed by atoms with Gasteiger partial charge in [-0.1, -0.05) is 24.3 Å². The topological polar surface area (TPSA) is 65.4 Å². The van der Waals surface area contributed by atoms with Gasteiger partial charge in [0, 0.05) is 0 Å². The number of benzene rings is 2. The Morgan fingerprint density at radius 3 is 2.00 bits per heavy atom. The van der Waals surface area contributed by atoms with Gasteiger partial charge in [-0.25, -0.2) is 4.98 Å². The van der Waals surface area contributed by atoms with Crippen molar-refractivity contribution < 1.29 is 13.2 Å². The molecule has 0 aliphatic carbocycles. The van der Waals surface area contributed by atoms with Crippen LogP contribution in [0.1, 0.15) is 34.0 Å². The van der Waals surface area contributed by atoms with Crippen LogP contribution in [0.3, 0.4) is 0 Å². The lowest BCUT2D eigenvalue weighted by molar-refractivity contribution is -0.137. The Bertz CT molecular complexity index is 845. The second kappa shape index (κ2) is 6.16. The van der Waals surface area contributed by atoms with Crippen LogP contribution in [0.25, 0.3) is 0 Å². The zero-order valence-corrected chi connectivity index (χ0v) is 12.2. The van der Waals surface area contributed by atoms with E-state index in [2.05, 4.69) is 15.2 Å². The summed E-state index contributed by atoms with van der Waals surface area (Å²) >= 11 is 0. The number of hydrogen-bond acceptors (Lipinski definition) is 3. The Morgan fingerprint density at radius 2 is 1.54 bits per heavy atom. The van der Waals surface area contributed by atoms with Crippen LogP contribution in [0, 0.1) is 11.3 Å². The van der Waals surface area contributed by atoms with Crippen LogP contribution in [0.2, 0.25) is 0 Å². The Morgan fingerprint density at radius 1 is 0.958 bits per heavy atom. The second-order valence-electron chi connectivity index (χ2n) is 5.14. The molecule has 1 heterocycles. The molecule has 0 amide bonds. The second-order valence-corrected chi connectivity index (χ2v) is 5.14. The van der Waals surface area contributed by atoms with Gasteiger partial charge in [0.15, 0.2) is 5.82 Å². The molecule has 0 saturated heterocycles. The lowest BCUT2D eigenvalue weighted by Crippen LogP contribution is -2.08. The Labute approximate surface area is 135 Å². The minimum atomic E-state index is -4.38. The molecule has 1 N–H and O–H groups in total. The minimum absolute atomic E-state index is 0.425. The highest BCUT2D eigenvalue weighted by molar-refractivity contribution is 5.42. The molecule has 0 fully saturated rings. The van der Waals surface area contributed by atoms with E-state index in [-0.39, 0.29) is 0 Å². The van der Waals surface area contributed by atoms with Gasteiger partial charge in [0.1, 0.15) is 6.33 Å². The number of aromatic amines is 1. The average molecular weight is 328 g/mol. The Hall–Kier alpha value is -3.14. The molecule has 1 atom stereocenters. The molecular formula is C17H11F3N4. The first-order valence-electron chi connectivity index (χ1n) is 7.02. The third-order valence-corrected chi connectivity index (χ3v) is 3.64. The smallest absolute Gasteiger partial charge is 0.266 e. The van der Waals surface area contributed by atoms with Gasteiger partial charge in [-0.2, -0.15) is 23.5 Å². The summed E-state index contributed by atoms with van der Waals surface area (Å²) in [6, 6.07) is 13.7. The fourth-order valence-corrected chi connectivity index (χ4v) is 2.46. The summed E-state index contributed by atoms with van der Waals surface area (Å²) in [6.45, 7) is 0. The van der Waals surface area contributed by atoms with Crippen molar-refractivity contribution in [3.63, 3.8) is 0 Å². The van der Waals surface area contributed by atoms with E-state index in [9.17, 15) is 13.2 Å². The zero-order chi connectivity index (χ0) is 17.2. The monoisotopic (exact) mass is 328 g/mol. The van der Waals surface area contributed by atoms with Crippen LogP contribution in [-0.2, 0) is 6.18 Å². The fourth-order valence-electron chi connectivity index (χ4n) is 2.46. The van der Waals surface area contributed by atoms with E-state index in [0.717, 1.165) is 17.7 Å². The molecule has 7 heteroatoms. The van der Waals surface area contributed by atoms with E-state index in [1.54, 1.807) is 24.3 Å².